The Kier molecular flexibility index (Phi) is 4.21. The van der Waals surface area contributed by atoms with Gasteiger partial charge in [0.25, 0.3) is 0 Å². The second-order valence-corrected chi connectivity index (χ2v) is 4.44. The molecule has 0 N–H and O–H groups in total. The van der Waals surface area contributed by atoms with Crippen LogP contribution in [0, 0.1) is 12.7 Å². The van der Waals surface area contributed by atoms with Gasteiger partial charge in [0.1, 0.15) is 6.61 Å². The molecule has 2 rings (SSSR count). The third kappa shape index (κ3) is 3.23. The molecule has 3 heteroatoms. The van der Waals surface area contributed by atoms with Gasteiger partial charge in [0.05, 0.1) is 0 Å². The average molecular weight is 265 g/mol. The molecule has 0 bridgehead atoms. The minimum Gasteiger partial charge on any atom is -0.486 e. The summed E-state index contributed by atoms with van der Waals surface area (Å²) in [5.41, 5.74) is 2.95. The highest BCUT2D eigenvalue weighted by atomic mass is 35.5. The Labute approximate surface area is 111 Å². The number of ether oxygens (including phenoxy) is 1. The van der Waals surface area contributed by atoms with Crippen molar-refractivity contribution in [2.75, 3.05) is 0 Å². The fourth-order valence-electron chi connectivity index (χ4n) is 1.59. The topological polar surface area (TPSA) is 9.23 Å². The first-order valence-corrected chi connectivity index (χ1v) is 6.25. The lowest BCUT2D eigenvalue weighted by molar-refractivity contribution is 0.290. The molecule has 2 aromatic carbocycles. The highest BCUT2D eigenvalue weighted by Crippen LogP contribution is 2.20. The predicted molar refractivity (Wildman–Crippen MR) is 71.5 cm³/mol. The molecule has 0 heterocycles. The summed E-state index contributed by atoms with van der Waals surface area (Å²) < 4.78 is 19.1. The Hall–Kier alpha value is -1.54. The maximum Gasteiger partial charge on any atom is 0.165 e. The normalized spacial score (nSPS) is 10.4. The molecule has 2 aromatic rings. The first kappa shape index (κ1) is 12.9. The van der Waals surface area contributed by atoms with Crippen molar-refractivity contribution in [3.8, 4) is 5.75 Å². The van der Waals surface area contributed by atoms with E-state index in [9.17, 15) is 4.39 Å². The van der Waals surface area contributed by atoms with Crippen molar-refractivity contribution in [2.24, 2.45) is 0 Å². The third-order valence-electron chi connectivity index (χ3n) is 2.67. The van der Waals surface area contributed by atoms with Gasteiger partial charge in [-0.05, 0) is 30.2 Å². The maximum absolute atomic E-state index is 13.6. The SMILES string of the molecule is Cc1ccc(COc2ccc(CCl)cc2F)cc1. The van der Waals surface area contributed by atoms with Crippen LogP contribution in [0.3, 0.4) is 0 Å². The molecule has 0 unspecified atom stereocenters. The zero-order valence-corrected chi connectivity index (χ0v) is 10.9. The van der Waals surface area contributed by atoms with E-state index in [0.717, 1.165) is 11.1 Å². The van der Waals surface area contributed by atoms with Gasteiger partial charge in [-0.1, -0.05) is 35.9 Å². The minimum atomic E-state index is -0.375. The van der Waals surface area contributed by atoms with Crippen LogP contribution in [-0.2, 0) is 12.5 Å². The Morgan fingerprint density at radius 1 is 1.06 bits per heavy atom. The van der Waals surface area contributed by atoms with Crippen LogP contribution in [-0.4, -0.2) is 0 Å². The van der Waals surface area contributed by atoms with E-state index in [4.69, 9.17) is 16.3 Å². The molecule has 1 nitrogen and oxygen atoms in total. The van der Waals surface area contributed by atoms with Gasteiger partial charge in [-0.3, -0.25) is 0 Å². The molecule has 0 fully saturated rings. The van der Waals surface area contributed by atoms with Gasteiger partial charge < -0.3 is 4.74 Å². The molecule has 0 aliphatic rings. The Balaban J connectivity index is 2.04. The molecular weight excluding hydrogens is 251 g/mol. The highest BCUT2D eigenvalue weighted by molar-refractivity contribution is 6.17. The molecule has 18 heavy (non-hydrogen) atoms. The van der Waals surface area contributed by atoms with Crippen LogP contribution in [0.25, 0.3) is 0 Å². The lowest BCUT2D eigenvalue weighted by atomic mass is 10.2. The molecule has 0 radical (unpaired) electrons. The summed E-state index contributed by atoms with van der Waals surface area (Å²) in [4.78, 5) is 0. The number of aryl methyl sites for hydroxylation is 1. The van der Waals surface area contributed by atoms with E-state index in [0.29, 0.717) is 12.5 Å². The molecule has 0 saturated heterocycles. The van der Waals surface area contributed by atoms with Crippen molar-refractivity contribution in [3.63, 3.8) is 0 Å². The molecule has 0 saturated carbocycles. The fraction of sp³-hybridized carbons (Fsp3) is 0.200. The summed E-state index contributed by atoms with van der Waals surface area (Å²) in [6.07, 6.45) is 0. The number of hydrogen-bond donors (Lipinski definition) is 0. The van der Waals surface area contributed by atoms with Gasteiger partial charge in [-0.25, -0.2) is 4.39 Å². The van der Waals surface area contributed by atoms with Gasteiger partial charge in [-0.15, -0.1) is 11.6 Å². The van der Waals surface area contributed by atoms with E-state index in [-0.39, 0.29) is 11.6 Å². The number of hydrogen-bond acceptors (Lipinski definition) is 1. The largest absolute Gasteiger partial charge is 0.486 e. The van der Waals surface area contributed by atoms with Crippen molar-refractivity contribution >= 4 is 11.6 Å². The molecule has 0 aliphatic carbocycles. The average Bonchev–Trinajstić information content (AvgIpc) is 2.39. The molecular formula is C15H14ClFO. The molecule has 0 atom stereocenters. The Morgan fingerprint density at radius 2 is 1.72 bits per heavy atom. The third-order valence-corrected chi connectivity index (χ3v) is 2.97. The van der Waals surface area contributed by atoms with Crippen molar-refractivity contribution < 1.29 is 9.13 Å². The first-order chi connectivity index (χ1) is 8.69. The summed E-state index contributed by atoms with van der Waals surface area (Å²) in [7, 11) is 0. The number of rotatable bonds is 4. The molecule has 0 spiro atoms. The Morgan fingerprint density at radius 3 is 2.33 bits per heavy atom. The molecule has 0 amide bonds. The quantitative estimate of drug-likeness (QED) is 0.741. The number of halogens is 2. The minimum absolute atomic E-state index is 0.254. The number of alkyl halides is 1. The van der Waals surface area contributed by atoms with Gasteiger partial charge >= 0.3 is 0 Å². The standard InChI is InChI=1S/C15H14ClFO/c1-11-2-4-12(5-3-11)10-18-15-7-6-13(9-16)8-14(15)17/h2-8H,9-10H2,1H3. The lowest BCUT2D eigenvalue weighted by Gasteiger charge is -2.08. The monoisotopic (exact) mass is 264 g/mol. The summed E-state index contributed by atoms with van der Waals surface area (Å²) in [6.45, 7) is 2.38. The van der Waals surface area contributed by atoms with Crippen molar-refractivity contribution in [1.29, 1.82) is 0 Å². The fourth-order valence-corrected chi connectivity index (χ4v) is 1.76. The van der Waals surface area contributed by atoms with Gasteiger partial charge in [0.2, 0.25) is 0 Å². The van der Waals surface area contributed by atoms with Gasteiger partial charge in [0, 0.05) is 5.88 Å². The van der Waals surface area contributed by atoms with E-state index in [1.165, 1.54) is 11.6 Å². The summed E-state index contributed by atoms with van der Waals surface area (Å²) in [5.74, 6) is 0.180. The van der Waals surface area contributed by atoms with E-state index in [1.54, 1.807) is 12.1 Å². The molecule has 0 aromatic heterocycles. The van der Waals surface area contributed by atoms with Crippen LogP contribution >= 0.6 is 11.6 Å². The van der Waals surface area contributed by atoms with E-state index in [1.807, 2.05) is 31.2 Å². The van der Waals surface area contributed by atoms with Gasteiger partial charge in [-0.2, -0.15) is 0 Å². The summed E-state index contributed by atoms with van der Waals surface area (Å²) in [6, 6.07) is 12.7. The van der Waals surface area contributed by atoms with Crippen LogP contribution in [0.15, 0.2) is 42.5 Å². The second-order valence-electron chi connectivity index (χ2n) is 4.17. The lowest BCUT2D eigenvalue weighted by Crippen LogP contribution is -1.98. The smallest absolute Gasteiger partial charge is 0.165 e. The van der Waals surface area contributed by atoms with Crippen molar-refractivity contribution in [2.45, 2.75) is 19.4 Å². The van der Waals surface area contributed by atoms with Crippen molar-refractivity contribution in [3.05, 3.63) is 65.0 Å². The highest BCUT2D eigenvalue weighted by Gasteiger charge is 2.04. The van der Waals surface area contributed by atoms with E-state index < -0.39 is 0 Å². The zero-order chi connectivity index (χ0) is 13.0. The molecule has 0 aliphatic heterocycles. The Bertz CT molecular complexity index is 523. The van der Waals surface area contributed by atoms with Crippen LogP contribution in [0.1, 0.15) is 16.7 Å². The second kappa shape index (κ2) is 5.87. The molecule has 94 valence electrons. The first-order valence-electron chi connectivity index (χ1n) is 5.72. The van der Waals surface area contributed by atoms with Gasteiger partial charge in [0.15, 0.2) is 11.6 Å². The van der Waals surface area contributed by atoms with Crippen LogP contribution < -0.4 is 4.74 Å². The van der Waals surface area contributed by atoms with E-state index >= 15 is 0 Å². The summed E-state index contributed by atoms with van der Waals surface area (Å²) >= 11 is 5.63. The number of benzene rings is 2. The van der Waals surface area contributed by atoms with Crippen LogP contribution in [0.4, 0.5) is 4.39 Å². The predicted octanol–water partition coefficient (Wildman–Crippen LogP) is 4.45. The van der Waals surface area contributed by atoms with Crippen molar-refractivity contribution in [1.82, 2.24) is 0 Å². The zero-order valence-electron chi connectivity index (χ0n) is 10.1. The summed E-state index contributed by atoms with van der Waals surface area (Å²) in [5, 5.41) is 0. The van der Waals surface area contributed by atoms with Crippen LogP contribution in [0.5, 0.6) is 5.75 Å². The van der Waals surface area contributed by atoms with Crippen LogP contribution in [0.2, 0.25) is 0 Å². The van der Waals surface area contributed by atoms with E-state index in [2.05, 4.69) is 0 Å². The maximum atomic E-state index is 13.6.